The molecule has 0 fully saturated rings. The number of unbranched alkanes of at least 4 members (excludes halogenated alkanes) is 3. The zero-order valence-corrected chi connectivity index (χ0v) is 12.2. The van der Waals surface area contributed by atoms with E-state index in [-0.39, 0.29) is 0 Å². The van der Waals surface area contributed by atoms with E-state index in [2.05, 4.69) is 33.2 Å². The van der Waals surface area contributed by atoms with Gasteiger partial charge < -0.3 is 4.48 Å². The number of hydrogen-bond donors (Lipinski definition) is 1. The van der Waals surface area contributed by atoms with Gasteiger partial charge in [-0.05, 0) is 12.8 Å². The van der Waals surface area contributed by atoms with Crippen LogP contribution < -0.4 is 5.14 Å². The maximum atomic E-state index is 10.8. The van der Waals surface area contributed by atoms with Gasteiger partial charge in [0.05, 0.1) is 27.7 Å². The van der Waals surface area contributed by atoms with E-state index in [4.69, 9.17) is 0 Å². The molecule has 0 spiro atoms. The molecule has 0 bridgehead atoms. The van der Waals surface area contributed by atoms with Gasteiger partial charge in [-0.1, -0.05) is 19.8 Å². The largest absolute Gasteiger partial charge is 0.511 e. The number of alkyl halides is 3. The maximum absolute atomic E-state index is 10.8. The van der Waals surface area contributed by atoms with Crippen LogP contribution in [0.4, 0.5) is 13.2 Å². The molecule has 2 N–H and O–H groups in total. The van der Waals surface area contributed by atoms with Crippen LogP contribution in [0.1, 0.15) is 32.6 Å². The lowest BCUT2D eigenvalue weighted by atomic mass is 10.2. The van der Waals surface area contributed by atoms with Crippen LogP contribution in [0.3, 0.4) is 0 Å². The number of quaternary nitrogens is 1. The summed E-state index contributed by atoms with van der Waals surface area (Å²) < 4.78 is 52.3. The van der Waals surface area contributed by atoms with Crippen molar-refractivity contribution < 1.29 is 26.1 Å². The summed E-state index contributed by atoms with van der Waals surface area (Å²) in [5.74, 6) is 0. The molecule has 0 saturated heterocycles. The molecule has 0 aliphatic carbocycles. The lowest BCUT2D eigenvalue weighted by Crippen LogP contribution is -2.35. The molecule has 0 heterocycles. The average molecular weight is 293 g/mol. The van der Waals surface area contributed by atoms with Crippen molar-refractivity contribution in [2.45, 2.75) is 38.1 Å². The molecule has 4 nitrogen and oxygen atoms in total. The zero-order valence-electron chi connectivity index (χ0n) is 11.4. The molecule has 0 aromatic heterocycles. The Bertz CT molecular complexity index is 308. The lowest BCUT2D eigenvalue weighted by molar-refractivity contribution is -0.870. The Hall–Kier alpha value is -0.340. The van der Waals surface area contributed by atoms with Gasteiger partial charge >= 0.3 is 15.5 Å². The SMILES string of the molecule is CCCCCC[N+](C)(C)C.NS(=O)(=O)C(F)(F)F. The fourth-order valence-corrected chi connectivity index (χ4v) is 1.01. The zero-order chi connectivity index (χ0) is 15.0. The van der Waals surface area contributed by atoms with Crippen molar-refractivity contribution in [3.8, 4) is 0 Å². The van der Waals surface area contributed by atoms with Crippen LogP contribution in [-0.4, -0.2) is 46.1 Å². The second kappa shape index (κ2) is 7.96. The first-order valence-electron chi connectivity index (χ1n) is 5.71. The van der Waals surface area contributed by atoms with Gasteiger partial charge in [-0.2, -0.15) is 13.2 Å². The molecule has 0 aromatic carbocycles. The van der Waals surface area contributed by atoms with E-state index < -0.39 is 15.5 Å². The van der Waals surface area contributed by atoms with E-state index in [9.17, 15) is 21.6 Å². The van der Waals surface area contributed by atoms with Crippen LogP contribution in [0.2, 0.25) is 0 Å². The Balaban J connectivity index is 0. The van der Waals surface area contributed by atoms with Crippen LogP contribution in [0.15, 0.2) is 0 Å². The van der Waals surface area contributed by atoms with Crippen LogP contribution in [0, 0.1) is 0 Å². The number of rotatable bonds is 5. The molecule has 0 aromatic rings. The van der Waals surface area contributed by atoms with Crippen molar-refractivity contribution in [3.63, 3.8) is 0 Å². The van der Waals surface area contributed by atoms with E-state index in [1.54, 1.807) is 0 Å². The molecular formula is C10H24F3N2O2S+. The van der Waals surface area contributed by atoms with Crippen molar-refractivity contribution in [1.82, 2.24) is 0 Å². The first kappa shape index (κ1) is 20.0. The number of primary sulfonamides is 1. The quantitative estimate of drug-likeness (QED) is 0.623. The monoisotopic (exact) mass is 293 g/mol. The summed E-state index contributed by atoms with van der Waals surface area (Å²) in [5, 5.41) is 3.66. The first-order chi connectivity index (χ1) is 7.81. The number of nitrogens with two attached hydrogens (primary N) is 1. The smallest absolute Gasteiger partial charge is 0.331 e. The fraction of sp³-hybridized carbons (Fsp3) is 1.00. The Morgan fingerprint density at radius 1 is 1.06 bits per heavy atom. The first-order valence-corrected chi connectivity index (χ1v) is 7.25. The molecule has 112 valence electrons. The number of sulfonamides is 1. The summed E-state index contributed by atoms with van der Waals surface area (Å²) in [7, 11) is 1.43. The normalized spacial score (nSPS) is 12.9. The minimum Gasteiger partial charge on any atom is -0.331 e. The predicted molar refractivity (Wildman–Crippen MR) is 66.2 cm³/mol. The van der Waals surface area contributed by atoms with Gasteiger partial charge in [-0.15, -0.1) is 0 Å². The van der Waals surface area contributed by atoms with Crippen molar-refractivity contribution in [2.24, 2.45) is 5.14 Å². The topological polar surface area (TPSA) is 60.2 Å². The standard InChI is InChI=1S/C9H22N.CH2F3NO2S/c1-5-6-7-8-9-10(2,3)4;2-1(3,4)8(5,6)7/h5-9H2,1-4H3;(H2,5,6,7)/q+1;. The minimum atomic E-state index is -5.34. The maximum Gasteiger partial charge on any atom is 0.511 e. The second-order valence-electron chi connectivity index (χ2n) is 5.07. The Morgan fingerprint density at radius 2 is 1.44 bits per heavy atom. The van der Waals surface area contributed by atoms with Gasteiger partial charge in [0.15, 0.2) is 0 Å². The summed E-state index contributed by atoms with van der Waals surface area (Å²) >= 11 is 0. The van der Waals surface area contributed by atoms with E-state index >= 15 is 0 Å². The highest BCUT2D eigenvalue weighted by atomic mass is 32.2. The fourth-order valence-electron chi connectivity index (χ4n) is 1.01. The average Bonchev–Trinajstić information content (AvgIpc) is 2.08. The van der Waals surface area contributed by atoms with E-state index in [0.717, 1.165) is 4.48 Å². The highest BCUT2D eigenvalue weighted by Crippen LogP contribution is 2.18. The van der Waals surface area contributed by atoms with E-state index in [1.165, 1.54) is 32.2 Å². The Labute approximate surface area is 108 Å². The number of nitrogens with zero attached hydrogens (tertiary/aromatic N) is 1. The molecule has 8 heteroatoms. The van der Waals surface area contributed by atoms with Crippen molar-refractivity contribution in [3.05, 3.63) is 0 Å². The van der Waals surface area contributed by atoms with Crippen molar-refractivity contribution in [2.75, 3.05) is 27.7 Å². The van der Waals surface area contributed by atoms with E-state index in [1.807, 2.05) is 0 Å². The van der Waals surface area contributed by atoms with Gasteiger partial charge in [0.2, 0.25) is 0 Å². The third-order valence-corrected chi connectivity index (χ3v) is 2.65. The summed E-state index contributed by atoms with van der Waals surface area (Å²) in [5.41, 5.74) is -5.31. The highest BCUT2D eigenvalue weighted by molar-refractivity contribution is 7.90. The van der Waals surface area contributed by atoms with Crippen molar-refractivity contribution >= 4 is 10.0 Å². The molecule has 0 atom stereocenters. The molecule has 0 rings (SSSR count). The third-order valence-electron chi connectivity index (χ3n) is 2.01. The molecule has 0 saturated carbocycles. The summed E-state index contributed by atoms with van der Waals surface area (Å²) in [4.78, 5) is 0. The summed E-state index contributed by atoms with van der Waals surface area (Å²) in [6, 6.07) is 0. The molecule has 0 aliphatic rings. The molecule has 0 amide bonds. The van der Waals surface area contributed by atoms with Gasteiger partial charge in [0, 0.05) is 0 Å². The highest BCUT2D eigenvalue weighted by Gasteiger charge is 2.42. The van der Waals surface area contributed by atoms with Crippen LogP contribution in [-0.2, 0) is 10.0 Å². The molecular weight excluding hydrogens is 269 g/mol. The molecule has 18 heavy (non-hydrogen) atoms. The second-order valence-corrected chi connectivity index (χ2v) is 6.62. The van der Waals surface area contributed by atoms with Crippen LogP contribution in [0.5, 0.6) is 0 Å². The van der Waals surface area contributed by atoms with Gasteiger partial charge in [0.1, 0.15) is 0 Å². The Morgan fingerprint density at radius 3 is 1.67 bits per heavy atom. The number of halogens is 3. The molecule has 0 unspecified atom stereocenters. The minimum absolute atomic E-state index is 1.11. The summed E-state index contributed by atoms with van der Waals surface area (Å²) in [6.45, 7) is 3.58. The van der Waals surface area contributed by atoms with Crippen LogP contribution >= 0.6 is 0 Å². The van der Waals surface area contributed by atoms with Gasteiger partial charge in [0.25, 0.3) is 0 Å². The van der Waals surface area contributed by atoms with Crippen LogP contribution in [0.25, 0.3) is 0 Å². The third kappa shape index (κ3) is 13.7. The lowest BCUT2D eigenvalue weighted by Gasteiger charge is -2.23. The predicted octanol–water partition coefficient (Wildman–Crippen LogP) is 2.07. The van der Waals surface area contributed by atoms with E-state index in [0.29, 0.717) is 0 Å². The molecule has 0 radical (unpaired) electrons. The number of hydrogen-bond acceptors (Lipinski definition) is 2. The summed E-state index contributed by atoms with van der Waals surface area (Å²) in [6.07, 6.45) is 5.54. The molecule has 0 aliphatic heterocycles. The van der Waals surface area contributed by atoms with Crippen molar-refractivity contribution in [1.29, 1.82) is 0 Å². The van der Waals surface area contributed by atoms with Gasteiger partial charge in [-0.25, -0.2) is 13.6 Å². The Kier molecular flexibility index (Phi) is 8.84. The van der Waals surface area contributed by atoms with Gasteiger partial charge in [-0.3, -0.25) is 0 Å².